The Kier molecular flexibility index (Phi) is 5.34. The van der Waals surface area contributed by atoms with Crippen molar-refractivity contribution in [3.05, 3.63) is 35.9 Å². The summed E-state index contributed by atoms with van der Waals surface area (Å²) >= 11 is 0. The molecule has 2 amide bonds. The van der Waals surface area contributed by atoms with Gasteiger partial charge in [0, 0.05) is 19.5 Å². The van der Waals surface area contributed by atoms with E-state index in [-0.39, 0.29) is 6.42 Å². The second-order valence-corrected chi connectivity index (χ2v) is 8.37. The Morgan fingerprint density at radius 2 is 1.93 bits per heavy atom. The van der Waals surface area contributed by atoms with E-state index in [0.717, 1.165) is 5.56 Å². The lowest BCUT2D eigenvalue weighted by Crippen LogP contribution is -2.69. The van der Waals surface area contributed by atoms with Crippen LogP contribution in [0.3, 0.4) is 0 Å². The van der Waals surface area contributed by atoms with E-state index in [2.05, 4.69) is 5.32 Å². The number of carbonyl (C=O) groups is 3. The number of carbonyl (C=O) groups excluding carboxylic acids is 2. The van der Waals surface area contributed by atoms with Gasteiger partial charge in [0.1, 0.15) is 17.2 Å². The number of ether oxygens (including phenoxy) is 1. The molecule has 2 aliphatic rings. The average molecular weight is 389 g/mol. The lowest BCUT2D eigenvalue weighted by molar-refractivity contribution is -0.171. The molecule has 2 aliphatic heterocycles. The number of hydrazine groups is 1. The number of rotatable bonds is 4. The van der Waals surface area contributed by atoms with Crippen molar-refractivity contribution in [1.82, 2.24) is 15.3 Å². The Hall–Kier alpha value is -2.61. The summed E-state index contributed by atoms with van der Waals surface area (Å²) in [5, 5.41) is 15.4. The number of hydrogen-bond donors (Lipinski definition) is 2. The van der Waals surface area contributed by atoms with Crippen LogP contribution in [0.1, 0.15) is 39.2 Å². The van der Waals surface area contributed by atoms with Crippen molar-refractivity contribution in [1.29, 1.82) is 0 Å². The van der Waals surface area contributed by atoms with Crippen LogP contribution in [0.25, 0.3) is 0 Å². The molecule has 8 heteroatoms. The highest BCUT2D eigenvalue weighted by Gasteiger charge is 2.53. The highest BCUT2D eigenvalue weighted by molar-refractivity contribution is 5.93. The highest BCUT2D eigenvalue weighted by Crippen LogP contribution is 2.33. The molecule has 2 N–H and O–H groups in total. The summed E-state index contributed by atoms with van der Waals surface area (Å²) in [4.78, 5) is 37.7. The van der Waals surface area contributed by atoms with E-state index < -0.39 is 35.2 Å². The molecule has 1 aromatic rings. The molecule has 28 heavy (non-hydrogen) atoms. The Balaban J connectivity index is 1.92. The molecule has 0 spiro atoms. The van der Waals surface area contributed by atoms with Crippen LogP contribution in [0, 0.1) is 0 Å². The standard InChI is InChI=1S/C20H27N3O5/c1-19(2,3)28-18(27)21-20(13-14-7-5-4-6-8-14)10-12-22-11-9-15(16(24)25)23(22)17(20)26/h4-8,15H,9-13H2,1-3H3,(H,21,27)(H,24,25)/t15-,20+/m0/s1. The Morgan fingerprint density at radius 3 is 2.54 bits per heavy atom. The number of aliphatic carboxylic acids is 1. The van der Waals surface area contributed by atoms with Crippen molar-refractivity contribution < 1.29 is 24.2 Å². The molecule has 2 saturated heterocycles. The number of carboxylic acids is 1. The van der Waals surface area contributed by atoms with Crippen LogP contribution in [-0.4, -0.2) is 63.4 Å². The van der Waals surface area contributed by atoms with E-state index in [0.29, 0.717) is 25.9 Å². The first-order chi connectivity index (χ1) is 13.1. The van der Waals surface area contributed by atoms with Gasteiger partial charge in [0.05, 0.1) is 0 Å². The zero-order valence-electron chi connectivity index (χ0n) is 16.5. The summed E-state index contributed by atoms with van der Waals surface area (Å²) in [6, 6.07) is 8.47. The number of hydrogen-bond acceptors (Lipinski definition) is 5. The SMILES string of the molecule is CC(C)(C)OC(=O)N[C@@]1(Cc2ccccc2)CCN2CC[C@@H](C(=O)O)N2C1=O. The molecule has 1 aromatic carbocycles. The van der Waals surface area contributed by atoms with E-state index in [1.165, 1.54) is 5.01 Å². The Labute approximate surface area is 164 Å². The minimum Gasteiger partial charge on any atom is -0.480 e. The van der Waals surface area contributed by atoms with Crippen LogP contribution in [0.5, 0.6) is 0 Å². The second-order valence-electron chi connectivity index (χ2n) is 8.37. The van der Waals surface area contributed by atoms with E-state index in [1.54, 1.807) is 25.8 Å². The van der Waals surface area contributed by atoms with E-state index in [1.807, 2.05) is 30.3 Å². The minimum atomic E-state index is -1.25. The molecular formula is C20H27N3O5. The van der Waals surface area contributed by atoms with Crippen LogP contribution >= 0.6 is 0 Å². The van der Waals surface area contributed by atoms with Crippen molar-refractivity contribution >= 4 is 18.0 Å². The number of amides is 2. The highest BCUT2D eigenvalue weighted by atomic mass is 16.6. The van der Waals surface area contributed by atoms with Gasteiger partial charge in [-0.05, 0) is 39.2 Å². The number of fused-ring (bicyclic) bond motifs is 1. The molecule has 152 valence electrons. The van der Waals surface area contributed by atoms with Gasteiger partial charge >= 0.3 is 12.1 Å². The van der Waals surface area contributed by atoms with Crippen LogP contribution in [0.4, 0.5) is 4.79 Å². The van der Waals surface area contributed by atoms with Gasteiger partial charge in [0.15, 0.2) is 0 Å². The minimum absolute atomic E-state index is 0.266. The zero-order chi connectivity index (χ0) is 20.5. The van der Waals surface area contributed by atoms with Crippen molar-refractivity contribution in [2.75, 3.05) is 13.1 Å². The lowest BCUT2D eigenvalue weighted by atomic mass is 9.84. The molecule has 2 heterocycles. The largest absolute Gasteiger partial charge is 0.480 e. The first kappa shape index (κ1) is 20.1. The van der Waals surface area contributed by atoms with Gasteiger partial charge in [-0.2, -0.15) is 0 Å². The van der Waals surface area contributed by atoms with Gasteiger partial charge < -0.3 is 15.2 Å². The molecule has 0 saturated carbocycles. The summed E-state index contributed by atoms with van der Waals surface area (Å²) in [5.74, 6) is -1.44. The molecule has 0 bridgehead atoms. The number of nitrogens with one attached hydrogen (secondary N) is 1. The summed E-state index contributed by atoms with van der Waals surface area (Å²) < 4.78 is 5.39. The maximum atomic E-state index is 13.5. The summed E-state index contributed by atoms with van der Waals surface area (Å²) in [5.41, 5.74) is -1.08. The molecule has 0 aromatic heterocycles. The van der Waals surface area contributed by atoms with E-state index in [4.69, 9.17) is 4.74 Å². The number of alkyl carbamates (subject to hydrolysis) is 1. The summed E-state index contributed by atoms with van der Waals surface area (Å²) in [6.45, 7) is 6.25. The predicted molar refractivity (Wildman–Crippen MR) is 101 cm³/mol. The predicted octanol–water partition coefficient (Wildman–Crippen LogP) is 1.80. The van der Waals surface area contributed by atoms with Crippen LogP contribution in [0.2, 0.25) is 0 Å². The molecule has 3 rings (SSSR count). The van der Waals surface area contributed by atoms with Crippen LogP contribution in [0.15, 0.2) is 30.3 Å². The summed E-state index contributed by atoms with van der Waals surface area (Å²) in [6.07, 6.45) is 0.330. The van der Waals surface area contributed by atoms with Gasteiger partial charge in [0.25, 0.3) is 5.91 Å². The quantitative estimate of drug-likeness (QED) is 0.815. The number of nitrogens with zero attached hydrogens (tertiary/aromatic N) is 2. The van der Waals surface area contributed by atoms with E-state index in [9.17, 15) is 19.5 Å². The lowest BCUT2D eigenvalue weighted by Gasteiger charge is -2.46. The summed E-state index contributed by atoms with van der Waals surface area (Å²) in [7, 11) is 0. The van der Waals surface area contributed by atoms with Gasteiger partial charge in [0.2, 0.25) is 0 Å². The third-order valence-corrected chi connectivity index (χ3v) is 5.05. The van der Waals surface area contributed by atoms with Crippen molar-refractivity contribution in [3.63, 3.8) is 0 Å². The van der Waals surface area contributed by atoms with Gasteiger partial charge in [-0.1, -0.05) is 30.3 Å². The first-order valence-corrected chi connectivity index (χ1v) is 9.48. The molecule has 0 radical (unpaired) electrons. The van der Waals surface area contributed by atoms with E-state index >= 15 is 0 Å². The van der Waals surface area contributed by atoms with Crippen LogP contribution < -0.4 is 5.32 Å². The average Bonchev–Trinajstić information content (AvgIpc) is 3.02. The Morgan fingerprint density at radius 1 is 1.25 bits per heavy atom. The second kappa shape index (κ2) is 7.43. The first-order valence-electron chi connectivity index (χ1n) is 9.48. The fourth-order valence-corrected chi connectivity index (χ4v) is 3.83. The monoisotopic (exact) mass is 389 g/mol. The van der Waals surface area contributed by atoms with Gasteiger partial charge in [-0.25, -0.2) is 14.6 Å². The van der Waals surface area contributed by atoms with Gasteiger partial charge in [-0.3, -0.25) is 9.80 Å². The van der Waals surface area contributed by atoms with Crippen LogP contribution in [-0.2, 0) is 20.7 Å². The topological polar surface area (TPSA) is 99.2 Å². The smallest absolute Gasteiger partial charge is 0.408 e. The van der Waals surface area contributed by atoms with Gasteiger partial charge in [-0.15, -0.1) is 0 Å². The third kappa shape index (κ3) is 4.11. The maximum absolute atomic E-state index is 13.5. The fraction of sp³-hybridized carbons (Fsp3) is 0.550. The van der Waals surface area contributed by atoms with Crippen molar-refractivity contribution in [2.24, 2.45) is 0 Å². The number of benzene rings is 1. The fourth-order valence-electron chi connectivity index (χ4n) is 3.83. The molecule has 8 nitrogen and oxygen atoms in total. The molecule has 2 fully saturated rings. The molecule has 2 atom stereocenters. The number of carboxylic acid groups (broad SMARTS) is 1. The van der Waals surface area contributed by atoms with Crippen molar-refractivity contribution in [2.45, 2.75) is 57.2 Å². The molecule has 0 unspecified atom stereocenters. The molecule has 0 aliphatic carbocycles. The molecular weight excluding hydrogens is 362 g/mol. The third-order valence-electron chi connectivity index (χ3n) is 5.05. The maximum Gasteiger partial charge on any atom is 0.408 e. The zero-order valence-corrected chi connectivity index (χ0v) is 16.5. The normalized spacial score (nSPS) is 25.3. The Bertz CT molecular complexity index is 761. The van der Waals surface area contributed by atoms with Crippen molar-refractivity contribution in [3.8, 4) is 0 Å².